The monoisotopic (exact) mass is 308 g/mol. The Morgan fingerprint density at radius 3 is 2.67 bits per heavy atom. The fourth-order valence-corrected chi connectivity index (χ4v) is 3.61. The van der Waals surface area contributed by atoms with Crippen LogP contribution in [0, 0.1) is 0 Å². The van der Waals surface area contributed by atoms with Crippen LogP contribution in [0.4, 0.5) is 0 Å². The second kappa shape index (κ2) is 5.32. The van der Waals surface area contributed by atoms with Crippen LogP contribution in [-0.4, -0.2) is 49.1 Å². The van der Waals surface area contributed by atoms with E-state index in [1.165, 1.54) is 49.9 Å². The number of benzene rings is 1. The van der Waals surface area contributed by atoms with Crippen molar-refractivity contribution >= 4 is 15.9 Å². The molecule has 1 heterocycles. The van der Waals surface area contributed by atoms with E-state index >= 15 is 0 Å². The summed E-state index contributed by atoms with van der Waals surface area (Å²) in [7, 11) is 2.23. The Balaban J connectivity index is 1.69. The Kier molecular flexibility index (Phi) is 3.73. The standard InChI is InChI=1S/C15H21BrN2/c1-17-6-8-18(9-7-17)15-5-3-12-10-14(16)4-2-13(12)11-15/h2,4,10,15H,3,5-9,11H2,1H3. The van der Waals surface area contributed by atoms with Gasteiger partial charge in [0.05, 0.1) is 0 Å². The van der Waals surface area contributed by atoms with Crippen molar-refractivity contribution in [1.29, 1.82) is 0 Å². The minimum Gasteiger partial charge on any atom is -0.304 e. The number of likely N-dealkylation sites (N-methyl/N-ethyl adjacent to an activating group) is 1. The van der Waals surface area contributed by atoms with Gasteiger partial charge in [0.2, 0.25) is 0 Å². The van der Waals surface area contributed by atoms with Gasteiger partial charge in [-0.1, -0.05) is 22.0 Å². The molecule has 18 heavy (non-hydrogen) atoms. The van der Waals surface area contributed by atoms with E-state index in [1.807, 2.05) is 0 Å². The average Bonchev–Trinajstić information content (AvgIpc) is 2.39. The Hall–Kier alpha value is -0.380. The van der Waals surface area contributed by atoms with Gasteiger partial charge >= 0.3 is 0 Å². The lowest BCUT2D eigenvalue weighted by molar-refractivity contribution is 0.104. The molecule has 3 heteroatoms. The van der Waals surface area contributed by atoms with E-state index in [2.05, 4.69) is 51.0 Å². The van der Waals surface area contributed by atoms with Gasteiger partial charge in [-0.3, -0.25) is 4.90 Å². The predicted molar refractivity (Wildman–Crippen MR) is 79.0 cm³/mol. The van der Waals surface area contributed by atoms with Crippen molar-refractivity contribution in [3.05, 3.63) is 33.8 Å². The summed E-state index contributed by atoms with van der Waals surface area (Å²) in [6, 6.07) is 7.56. The molecule has 1 aromatic carbocycles. The zero-order valence-electron chi connectivity index (χ0n) is 11.0. The molecular formula is C15H21BrN2. The zero-order chi connectivity index (χ0) is 12.5. The van der Waals surface area contributed by atoms with Crippen molar-refractivity contribution in [3.8, 4) is 0 Å². The summed E-state index contributed by atoms with van der Waals surface area (Å²) >= 11 is 3.57. The first-order valence-corrected chi connectivity index (χ1v) is 7.71. The van der Waals surface area contributed by atoms with Gasteiger partial charge in [-0.2, -0.15) is 0 Å². The highest BCUT2D eigenvalue weighted by molar-refractivity contribution is 9.10. The van der Waals surface area contributed by atoms with E-state index in [0.29, 0.717) is 0 Å². The number of fused-ring (bicyclic) bond motifs is 1. The zero-order valence-corrected chi connectivity index (χ0v) is 12.6. The molecule has 0 saturated carbocycles. The molecule has 1 aromatic rings. The van der Waals surface area contributed by atoms with Crippen LogP contribution in [0.1, 0.15) is 17.5 Å². The maximum absolute atomic E-state index is 3.57. The molecule has 3 rings (SSSR count). The summed E-state index contributed by atoms with van der Waals surface area (Å²) in [5, 5.41) is 0. The van der Waals surface area contributed by atoms with Crippen LogP contribution in [0.25, 0.3) is 0 Å². The highest BCUT2D eigenvalue weighted by atomic mass is 79.9. The molecule has 98 valence electrons. The first-order chi connectivity index (χ1) is 8.72. The molecule has 1 fully saturated rings. The molecular weight excluding hydrogens is 288 g/mol. The molecule has 0 N–H and O–H groups in total. The second-order valence-electron chi connectivity index (χ2n) is 5.65. The van der Waals surface area contributed by atoms with Crippen LogP contribution in [0.15, 0.2) is 22.7 Å². The van der Waals surface area contributed by atoms with Gasteiger partial charge in [0, 0.05) is 36.7 Å². The molecule has 0 radical (unpaired) electrons. The number of hydrogen-bond acceptors (Lipinski definition) is 2. The molecule has 0 spiro atoms. The van der Waals surface area contributed by atoms with E-state index in [9.17, 15) is 0 Å². The van der Waals surface area contributed by atoms with Gasteiger partial charge in [0.1, 0.15) is 0 Å². The van der Waals surface area contributed by atoms with Gasteiger partial charge in [-0.15, -0.1) is 0 Å². The second-order valence-corrected chi connectivity index (χ2v) is 6.56. The summed E-state index contributed by atoms with van der Waals surface area (Å²) < 4.78 is 1.22. The molecule has 1 aliphatic carbocycles. The van der Waals surface area contributed by atoms with Gasteiger partial charge in [-0.05, 0) is 49.6 Å². The van der Waals surface area contributed by atoms with E-state index in [-0.39, 0.29) is 0 Å². The predicted octanol–water partition coefficient (Wildman–Crippen LogP) is 2.55. The normalized spacial score (nSPS) is 26.0. The number of aryl methyl sites for hydroxylation is 1. The van der Waals surface area contributed by atoms with E-state index in [0.717, 1.165) is 6.04 Å². The number of halogens is 1. The lowest BCUT2D eigenvalue weighted by Crippen LogP contribution is -2.50. The van der Waals surface area contributed by atoms with E-state index in [1.54, 1.807) is 11.1 Å². The van der Waals surface area contributed by atoms with Crippen molar-refractivity contribution in [2.24, 2.45) is 0 Å². The SMILES string of the molecule is CN1CCN(C2CCc3cc(Br)ccc3C2)CC1. The highest BCUT2D eigenvalue weighted by Crippen LogP contribution is 2.27. The molecule has 1 saturated heterocycles. The van der Waals surface area contributed by atoms with Crippen molar-refractivity contribution in [3.63, 3.8) is 0 Å². The first-order valence-electron chi connectivity index (χ1n) is 6.92. The summed E-state index contributed by atoms with van der Waals surface area (Å²) in [6.07, 6.45) is 3.81. The Morgan fingerprint density at radius 1 is 1.11 bits per heavy atom. The van der Waals surface area contributed by atoms with Crippen molar-refractivity contribution in [2.45, 2.75) is 25.3 Å². The summed E-state index contributed by atoms with van der Waals surface area (Å²) in [5.41, 5.74) is 3.11. The molecule has 1 aliphatic heterocycles. The Bertz CT molecular complexity index is 425. The van der Waals surface area contributed by atoms with Crippen LogP contribution < -0.4 is 0 Å². The molecule has 0 bridgehead atoms. The molecule has 2 nitrogen and oxygen atoms in total. The van der Waals surface area contributed by atoms with Crippen molar-refractivity contribution in [1.82, 2.24) is 9.80 Å². The Morgan fingerprint density at radius 2 is 1.89 bits per heavy atom. The van der Waals surface area contributed by atoms with Crippen molar-refractivity contribution in [2.75, 3.05) is 33.2 Å². The maximum Gasteiger partial charge on any atom is 0.0178 e. The molecule has 0 aromatic heterocycles. The molecule has 2 aliphatic rings. The van der Waals surface area contributed by atoms with Crippen molar-refractivity contribution < 1.29 is 0 Å². The number of nitrogens with zero attached hydrogens (tertiary/aromatic N) is 2. The van der Waals surface area contributed by atoms with Gasteiger partial charge in [0.25, 0.3) is 0 Å². The van der Waals surface area contributed by atoms with Crippen LogP contribution in [0.2, 0.25) is 0 Å². The third-order valence-electron chi connectivity index (χ3n) is 4.43. The molecule has 1 unspecified atom stereocenters. The quantitative estimate of drug-likeness (QED) is 0.787. The number of rotatable bonds is 1. The summed E-state index contributed by atoms with van der Waals surface area (Å²) in [5.74, 6) is 0. The first kappa shape index (κ1) is 12.6. The van der Waals surface area contributed by atoms with Crippen LogP contribution in [0.5, 0.6) is 0 Å². The lowest BCUT2D eigenvalue weighted by atomic mass is 9.87. The third-order valence-corrected chi connectivity index (χ3v) is 4.92. The van der Waals surface area contributed by atoms with Crippen LogP contribution in [-0.2, 0) is 12.8 Å². The topological polar surface area (TPSA) is 6.48 Å². The fourth-order valence-electron chi connectivity index (χ4n) is 3.20. The molecule has 0 amide bonds. The summed E-state index contributed by atoms with van der Waals surface area (Å²) in [4.78, 5) is 5.13. The average molecular weight is 309 g/mol. The number of piperazine rings is 1. The van der Waals surface area contributed by atoms with E-state index in [4.69, 9.17) is 0 Å². The van der Waals surface area contributed by atoms with Gasteiger partial charge in [0.15, 0.2) is 0 Å². The maximum atomic E-state index is 3.57. The minimum absolute atomic E-state index is 0.771. The molecule has 1 atom stereocenters. The highest BCUT2D eigenvalue weighted by Gasteiger charge is 2.26. The largest absolute Gasteiger partial charge is 0.304 e. The summed E-state index contributed by atoms with van der Waals surface area (Å²) in [6.45, 7) is 4.94. The smallest absolute Gasteiger partial charge is 0.0178 e. The van der Waals surface area contributed by atoms with Gasteiger partial charge < -0.3 is 4.90 Å². The minimum atomic E-state index is 0.771. The Labute approximate surface area is 118 Å². The van der Waals surface area contributed by atoms with Gasteiger partial charge in [-0.25, -0.2) is 0 Å². The third kappa shape index (κ3) is 2.63. The van der Waals surface area contributed by atoms with E-state index < -0.39 is 0 Å². The number of hydrogen-bond donors (Lipinski definition) is 0. The van der Waals surface area contributed by atoms with Crippen LogP contribution >= 0.6 is 15.9 Å². The fraction of sp³-hybridized carbons (Fsp3) is 0.600. The van der Waals surface area contributed by atoms with Crippen LogP contribution in [0.3, 0.4) is 0 Å². The lowest BCUT2D eigenvalue weighted by Gasteiger charge is -2.40.